The van der Waals surface area contributed by atoms with E-state index in [1.807, 2.05) is 67.6 Å². The van der Waals surface area contributed by atoms with Crippen molar-refractivity contribution in [3.05, 3.63) is 96.0 Å². The SMILES string of the molecule is Cc1ccc(S(=O)(=O)N2C[C@@H](c3ccco3)O[C@@H](/C=C/c3ccccc3)C2)cc1. The molecule has 1 aliphatic heterocycles. The molecule has 2 atom stereocenters. The molecule has 4 rings (SSSR count). The second-order valence-electron chi connectivity index (χ2n) is 7.08. The van der Waals surface area contributed by atoms with Crippen molar-refractivity contribution in [2.24, 2.45) is 0 Å². The average Bonchev–Trinajstić information content (AvgIpc) is 3.28. The number of rotatable bonds is 5. The number of nitrogens with zero attached hydrogens (tertiary/aromatic N) is 1. The summed E-state index contributed by atoms with van der Waals surface area (Å²) in [6, 6.07) is 20.4. The highest BCUT2D eigenvalue weighted by atomic mass is 32.2. The molecule has 2 aromatic carbocycles. The van der Waals surface area contributed by atoms with Gasteiger partial charge >= 0.3 is 0 Å². The molecule has 0 amide bonds. The molecule has 0 spiro atoms. The first-order chi connectivity index (χ1) is 14.0. The summed E-state index contributed by atoms with van der Waals surface area (Å²) in [6.45, 7) is 2.39. The predicted octanol–water partition coefficient (Wildman–Crippen LogP) is 4.43. The van der Waals surface area contributed by atoms with E-state index in [0.29, 0.717) is 5.76 Å². The molecule has 150 valence electrons. The average molecular weight is 410 g/mol. The van der Waals surface area contributed by atoms with Gasteiger partial charge in [-0.2, -0.15) is 4.31 Å². The van der Waals surface area contributed by atoms with Crippen LogP contribution >= 0.6 is 0 Å². The van der Waals surface area contributed by atoms with E-state index in [1.165, 1.54) is 4.31 Å². The Bertz CT molecular complexity index is 1060. The van der Waals surface area contributed by atoms with E-state index in [-0.39, 0.29) is 24.1 Å². The van der Waals surface area contributed by atoms with E-state index in [2.05, 4.69) is 0 Å². The normalized spacial score (nSPS) is 20.9. The molecule has 0 radical (unpaired) electrons. The maximum Gasteiger partial charge on any atom is 0.243 e. The molecule has 6 heteroatoms. The Hall–Kier alpha value is -2.67. The fourth-order valence-electron chi connectivity index (χ4n) is 3.33. The number of furan rings is 1. The van der Waals surface area contributed by atoms with Gasteiger partial charge < -0.3 is 9.15 Å². The first-order valence-corrected chi connectivity index (χ1v) is 11.0. The largest absolute Gasteiger partial charge is 0.467 e. The van der Waals surface area contributed by atoms with E-state index in [0.717, 1.165) is 11.1 Å². The van der Waals surface area contributed by atoms with Crippen molar-refractivity contribution < 1.29 is 17.6 Å². The van der Waals surface area contributed by atoms with Gasteiger partial charge in [-0.3, -0.25) is 0 Å². The van der Waals surface area contributed by atoms with Crippen molar-refractivity contribution in [1.82, 2.24) is 4.31 Å². The van der Waals surface area contributed by atoms with Crippen LogP contribution in [0.3, 0.4) is 0 Å². The van der Waals surface area contributed by atoms with Crippen LogP contribution < -0.4 is 0 Å². The Labute approximate surface area is 171 Å². The van der Waals surface area contributed by atoms with Gasteiger partial charge in [-0.05, 0) is 36.8 Å². The lowest BCUT2D eigenvalue weighted by Gasteiger charge is -2.35. The molecule has 5 nitrogen and oxygen atoms in total. The molecular weight excluding hydrogens is 386 g/mol. The van der Waals surface area contributed by atoms with Crippen LogP contribution in [0.25, 0.3) is 6.08 Å². The van der Waals surface area contributed by atoms with Gasteiger partial charge in [0.1, 0.15) is 11.9 Å². The third kappa shape index (κ3) is 4.50. The Morgan fingerprint density at radius 2 is 1.72 bits per heavy atom. The zero-order valence-electron chi connectivity index (χ0n) is 16.1. The van der Waals surface area contributed by atoms with Gasteiger partial charge in [-0.1, -0.05) is 60.2 Å². The Kier molecular flexibility index (Phi) is 5.67. The molecule has 0 bridgehead atoms. The quantitative estimate of drug-likeness (QED) is 0.625. The minimum atomic E-state index is -3.64. The first-order valence-electron chi connectivity index (χ1n) is 9.51. The zero-order chi connectivity index (χ0) is 20.3. The molecule has 1 aliphatic rings. The van der Waals surface area contributed by atoms with Crippen LogP contribution in [0.5, 0.6) is 0 Å². The number of ether oxygens (including phenoxy) is 1. The number of hydrogen-bond donors (Lipinski definition) is 0. The van der Waals surface area contributed by atoms with Crippen molar-refractivity contribution in [2.45, 2.75) is 24.0 Å². The summed E-state index contributed by atoms with van der Waals surface area (Å²) in [7, 11) is -3.64. The fourth-order valence-corrected chi connectivity index (χ4v) is 4.79. The molecule has 29 heavy (non-hydrogen) atoms. The summed E-state index contributed by atoms with van der Waals surface area (Å²) in [5.74, 6) is 0.618. The molecule has 1 aromatic heterocycles. The van der Waals surface area contributed by atoms with E-state index >= 15 is 0 Å². The van der Waals surface area contributed by atoms with Gasteiger partial charge in [0.2, 0.25) is 10.0 Å². The van der Waals surface area contributed by atoms with Gasteiger partial charge in [0.25, 0.3) is 0 Å². The molecule has 0 aliphatic carbocycles. The van der Waals surface area contributed by atoms with Crippen molar-refractivity contribution in [3.63, 3.8) is 0 Å². The van der Waals surface area contributed by atoms with E-state index in [1.54, 1.807) is 24.5 Å². The Balaban J connectivity index is 1.62. The smallest absolute Gasteiger partial charge is 0.243 e. The highest BCUT2D eigenvalue weighted by Crippen LogP contribution is 2.30. The minimum Gasteiger partial charge on any atom is -0.467 e. The number of morpholine rings is 1. The highest BCUT2D eigenvalue weighted by Gasteiger charge is 2.36. The second kappa shape index (κ2) is 8.37. The minimum absolute atomic E-state index is 0.208. The number of sulfonamides is 1. The van der Waals surface area contributed by atoms with Crippen LogP contribution in [-0.4, -0.2) is 31.9 Å². The van der Waals surface area contributed by atoms with Gasteiger partial charge in [-0.15, -0.1) is 0 Å². The summed E-state index contributed by atoms with van der Waals surface area (Å²) in [5, 5.41) is 0. The maximum atomic E-state index is 13.2. The van der Waals surface area contributed by atoms with Crippen LogP contribution in [0.2, 0.25) is 0 Å². The molecular formula is C23H23NO4S. The second-order valence-corrected chi connectivity index (χ2v) is 9.02. The third-order valence-corrected chi connectivity index (χ3v) is 6.76. The summed E-state index contributed by atoms with van der Waals surface area (Å²) in [5.41, 5.74) is 2.05. The van der Waals surface area contributed by atoms with Gasteiger partial charge in [0.15, 0.2) is 0 Å². The van der Waals surface area contributed by atoms with Crippen LogP contribution in [0.4, 0.5) is 0 Å². The molecule has 0 unspecified atom stereocenters. The van der Waals surface area contributed by atoms with Gasteiger partial charge in [0.05, 0.1) is 17.3 Å². The van der Waals surface area contributed by atoms with E-state index < -0.39 is 16.1 Å². The maximum absolute atomic E-state index is 13.2. The van der Waals surface area contributed by atoms with Crippen molar-refractivity contribution >= 4 is 16.1 Å². The number of benzene rings is 2. The van der Waals surface area contributed by atoms with Crippen molar-refractivity contribution in [1.29, 1.82) is 0 Å². The lowest BCUT2D eigenvalue weighted by molar-refractivity contribution is -0.0512. The third-order valence-electron chi connectivity index (χ3n) is 4.91. The van der Waals surface area contributed by atoms with Crippen LogP contribution in [0, 0.1) is 6.92 Å². The molecule has 3 aromatic rings. The van der Waals surface area contributed by atoms with E-state index in [4.69, 9.17) is 9.15 Å². The Morgan fingerprint density at radius 1 is 0.966 bits per heavy atom. The van der Waals surface area contributed by atoms with Crippen molar-refractivity contribution in [3.8, 4) is 0 Å². The molecule has 1 saturated heterocycles. The Morgan fingerprint density at radius 3 is 2.41 bits per heavy atom. The zero-order valence-corrected chi connectivity index (χ0v) is 17.0. The monoisotopic (exact) mass is 409 g/mol. The fraction of sp³-hybridized carbons (Fsp3) is 0.217. The topological polar surface area (TPSA) is 59.8 Å². The van der Waals surface area contributed by atoms with Gasteiger partial charge in [-0.25, -0.2) is 8.42 Å². The van der Waals surface area contributed by atoms with Gasteiger partial charge in [0, 0.05) is 13.1 Å². The lowest BCUT2D eigenvalue weighted by atomic mass is 10.1. The van der Waals surface area contributed by atoms with Crippen LogP contribution in [0.1, 0.15) is 23.0 Å². The molecule has 0 saturated carbocycles. The lowest BCUT2D eigenvalue weighted by Crippen LogP contribution is -2.46. The van der Waals surface area contributed by atoms with Crippen LogP contribution in [0.15, 0.2) is 88.4 Å². The summed E-state index contributed by atoms with van der Waals surface area (Å²) < 4.78 is 39.6. The van der Waals surface area contributed by atoms with Crippen molar-refractivity contribution in [2.75, 3.05) is 13.1 Å². The van der Waals surface area contributed by atoms with E-state index in [9.17, 15) is 8.42 Å². The summed E-state index contributed by atoms with van der Waals surface area (Å²) in [4.78, 5) is 0.286. The first kappa shape index (κ1) is 19.6. The standard InChI is InChI=1S/C23H23NO4S/c1-18-9-13-21(14-10-18)29(25,26)24-16-20(12-11-19-6-3-2-4-7-19)28-23(17-24)22-8-5-15-27-22/h2-15,20,23H,16-17H2,1H3/b12-11+/t20-,23-/m0/s1. The predicted molar refractivity (Wildman–Crippen MR) is 112 cm³/mol. The molecule has 0 N–H and O–H groups in total. The number of hydrogen-bond acceptors (Lipinski definition) is 4. The molecule has 1 fully saturated rings. The highest BCUT2D eigenvalue weighted by molar-refractivity contribution is 7.89. The molecule has 2 heterocycles. The van der Waals surface area contributed by atoms with Crippen LogP contribution in [-0.2, 0) is 14.8 Å². The summed E-state index contributed by atoms with van der Waals surface area (Å²) >= 11 is 0. The summed E-state index contributed by atoms with van der Waals surface area (Å²) in [6.07, 6.45) is 4.57. The number of aryl methyl sites for hydroxylation is 1.